The standard InChI is InChI=1S/C11H9FN4O2S/c1-18-5-9-13-14-11-16(9)15-10(19-11)7-3-2-6(12)4-8(7)17/h2-4,17H,5H2,1H3. The second kappa shape index (κ2) is 4.56. The molecule has 2 heterocycles. The molecule has 0 spiro atoms. The van der Waals surface area contributed by atoms with E-state index in [1.807, 2.05) is 0 Å². The molecular formula is C11H9FN4O2S. The predicted octanol–water partition coefficient (Wildman–Crippen LogP) is 1.84. The maximum atomic E-state index is 13.0. The van der Waals surface area contributed by atoms with Crippen molar-refractivity contribution in [1.82, 2.24) is 19.8 Å². The van der Waals surface area contributed by atoms with Crippen molar-refractivity contribution in [3.63, 3.8) is 0 Å². The lowest BCUT2D eigenvalue weighted by Gasteiger charge is -1.99. The summed E-state index contributed by atoms with van der Waals surface area (Å²) in [6.45, 7) is 0.291. The molecule has 3 aromatic rings. The average molecular weight is 280 g/mol. The van der Waals surface area contributed by atoms with E-state index in [4.69, 9.17) is 4.74 Å². The van der Waals surface area contributed by atoms with Crippen LogP contribution in [0.2, 0.25) is 0 Å². The van der Waals surface area contributed by atoms with E-state index in [1.54, 1.807) is 11.6 Å². The molecule has 0 aliphatic rings. The molecule has 98 valence electrons. The van der Waals surface area contributed by atoms with Crippen LogP contribution in [-0.2, 0) is 11.3 Å². The quantitative estimate of drug-likeness (QED) is 0.792. The second-order valence-electron chi connectivity index (χ2n) is 3.81. The Morgan fingerprint density at radius 3 is 3.00 bits per heavy atom. The van der Waals surface area contributed by atoms with E-state index in [1.165, 1.54) is 23.5 Å². The van der Waals surface area contributed by atoms with Crippen molar-refractivity contribution < 1.29 is 14.2 Å². The van der Waals surface area contributed by atoms with Gasteiger partial charge in [0.1, 0.15) is 18.2 Å². The topological polar surface area (TPSA) is 72.5 Å². The van der Waals surface area contributed by atoms with Crippen LogP contribution in [0, 0.1) is 5.82 Å². The summed E-state index contributed by atoms with van der Waals surface area (Å²) in [7, 11) is 1.56. The van der Waals surface area contributed by atoms with Crippen molar-refractivity contribution in [2.75, 3.05) is 7.11 Å². The van der Waals surface area contributed by atoms with Crippen LogP contribution in [-0.4, -0.2) is 32.0 Å². The number of halogens is 1. The van der Waals surface area contributed by atoms with E-state index < -0.39 is 5.82 Å². The maximum absolute atomic E-state index is 13.0. The zero-order chi connectivity index (χ0) is 13.4. The number of benzene rings is 1. The first-order chi connectivity index (χ1) is 9.19. The first-order valence-electron chi connectivity index (χ1n) is 5.38. The van der Waals surface area contributed by atoms with Crippen LogP contribution >= 0.6 is 11.3 Å². The number of hydrogen-bond donors (Lipinski definition) is 1. The van der Waals surface area contributed by atoms with E-state index in [0.717, 1.165) is 6.07 Å². The third-order valence-electron chi connectivity index (χ3n) is 2.52. The molecule has 0 unspecified atom stereocenters. The van der Waals surface area contributed by atoms with Gasteiger partial charge in [-0.3, -0.25) is 0 Å². The monoisotopic (exact) mass is 280 g/mol. The minimum atomic E-state index is -0.496. The van der Waals surface area contributed by atoms with Crippen LogP contribution in [0.1, 0.15) is 5.82 Å². The molecule has 0 saturated heterocycles. The number of methoxy groups -OCH3 is 1. The van der Waals surface area contributed by atoms with Crippen molar-refractivity contribution in [1.29, 1.82) is 0 Å². The highest BCUT2D eigenvalue weighted by Crippen LogP contribution is 2.32. The maximum Gasteiger partial charge on any atom is 0.235 e. The van der Waals surface area contributed by atoms with Gasteiger partial charge in [0.05, 0.1) is 5.56 Å². The lowest BCUT2D eigenvalue weighted by Crippen LogP contribution is -1.97. The molecule has 3 rings (SSSR count). The third kappa shape index (κ3) is 2.04. The van der Waals surface area contributed by atoms with Gasteiger partial charge in [-0.05, 0) is 12.1 Å². The molecule has 6 nitrogen and oxygen atoms in total. The fraction of sp³-hybridized carbons (Fsp3) is 0.182. The molecule has 0 aliphatic heterocycles. The summed E-state index contributed by atoms with van der Waals surface area (Å²) in [5.41, 5.74) is 0.459. The molecule has 2 aromatic heterocycles. The zero-order valence-corrected chi connectivity index (χ0v) is 10.7. The second-order valence-corrected chi connectivity index (χ2v) is 4.77. The Morgan fingerprint density at radius 1 is 1.42 bits per heavy atom. The molecule has 19 heavy (non-hydrogen) atoms. The van der Waals surface area contributed by atoms with Gasteiger partial charge < -0.3 is 9.84 Å². The van der Waals surface area contributed by atoms with Crippen molar-refractivity contribution in [3.8, 4) is 16.3 Å². The van der Waals surface area contributed by atoms with Crippen molar-refractivity contribution in [2.45, 2.75) is 6.61 Å². The highest BCUT2D eigenvalue weighted by molar-refractivity contribution is 7.19. The molecule has 0 radical (unpaired) electrons. The van der Waals surface area contributed by atoms with Crippen LogP contribution in [0.5, 0.6) is 5.75 Å². The molecule has 8 heteroatoms. The van der Waals surface area contributed by atoms with E-state index in [2.05, 4.69) is 15.3 Å². The van der Waals surface area contributed by atoms with Crippen LogP contribution in [0.4, 0.5) is 4.39 Å². The highest BCUT2D eigenvalue weighted by Gasteiger charge is 2.15. The normalized spacial score (nSPS) is 11.3. The number of nitrogens with zero attached hydrogens (tertiary/aromatic N) is 4. The Hall–Kier alpha value is -2.06. The summed E-state index contributed by atoms with van der Waals surface area (Å²) in [6.07, 6.45) is 0. The Bertz CT molecular complexity index is 739. The fourth-order valence-corrected chi connectivity index (χ4v) is 2.56. The third-order valence-corrected chi connectivity index (χ3v) is 3.45. The van der Waals surface area contributed by atoms with Crippen LogP contribution in [0.3, 0.4) is 0 Å². The van der Waals surface area contributed by atoms with Gasteiger partial charge >= 0.3 is 0 Å². The van der Waals surface area contributed by atoms with Crippen molar-refractivity contribution in [3.05, 3.63) is 29.8 Å². The molecule has 0 saturated carbocycles. The molecule has 1 N–H and O–H groups in total. The Labute approximate surface area is 111 Å². The molecule has 0 amide bonds. The van der Waals surface area contributed by atoms with Crippen LogP contribution < -0.4 is 0 Å². The van der Waals surface area contributed by atoms with E-state index in [-0.39, 0.29) is 5.75 Å². The molecule has 1 aromatic carbocycles. The van der Waals surface area contributed by atoms with Gasteiger partial charge in [-0.25, -0.2) is 4.39 Å². The summed E-state index contributed by atoms with van der Waals surface area (Å²) in [5, 5.41) is 22.5. The van der Waals surface area contributed by atoms with Gasteiger partial charge in [-0.1, -0.05) is 11.3 Å². The highest BCUT2D eigenvalue weighted by atomic mass is 32.1. The number of hydrogen-bond acceptors (Lipinski definition) is 6. The minimum Gasteiger partial charge on any atom is -0.507 e. The number of rotatable bonds is 3. The van der Waals surface area contributed by atoms with Gasteiger partial charge in [-0.2, -0.15) is 9.61 Å². The van der Waals surface area contributed by atoms with Gasteiger partial charge in [0, 0.05) is 13.2 Å². The van der Waals surface area contributed by atoms with Gasteiger partial charge in [0.15, 0.2) is 10.8 Å². The van der Waals surface area contributed by atoms with Gasteiger partial charge in [-0.15, -0.1) is 10.2 Å². The summed E-state index contributed by atoms with van der Waals surface area (Å²) < 4.78 is 19.5. The number of phenols is 1. The molecule has 0 aliphatic carbocycles. The molecular weight excluding hydrogens is 271 g/mol. The number of aromatic hydroxyl groups is 1. The predicted molar refractivity (Wildman–Crippen MR) is 66.4 cm³/mol. The lowest BCUT2D eigenvalue weighted by atomic mass is 10.2. The van der Waals surface area contributed by atoms with Gasteiger partial charge in [0.2, 0.25) is 4.96 Å². The molecule has 0 bridgehead atoms. The minimum absolute atomic E-state index is 0.154. The largest absolute Gasteiger partial charge is 0.507 e. The number of aromatic nitrogens is 4. The Balaban J connectivity index is 2.10. The van der Waals surface area contributed by atoms with Crippen LogP contribution in [0.25, 0.3) is 15.5 Å². The molecule has 0 atom stereocenters. The summed E-state index contributed by atoms with van der Waals surface area (Å²) >= 11 is 1.26. The number of phenolic OH excluding ortho intramolecular Hbond substituents is 1. The summed E-state index contributed by atoms with van der Waals surface area (Å²) in [5.74, 6) is -0.0795. The van der Waals surface area contributed by atoms with E-state index in [9.17, 15) is 9.50 Å². The van der Waals surface area contributed by atoms with Crippen molar-refractivity contribution >= 4 is 16.3 Å². The smallest absolute Gasteiger partial charge is 0.235 e. The number of ether oxygens (including phenoxy) is 1. The molecule has 0 fully saturated rings. The Kier molecular flexibility index (Phi) is 2.88. The van der Waals surface area contributed by atoms with Crippen LogP contribution in [0.15, 0.2) is 18.2 Å². The Morgan fingerprint density at radius 2 is 2.26 bits per heavy atom. The first kappa shape index (κ1) is 12.0. The summed E-state index contributed by atoms with van der Waals surface area (Å²) in [4.78, 5) is 0.589. The average Bonchev–Trinajstić information content (AvgIpc) is 2.91. The van der Waals surface area contributed by atoms with Gasteiger partial charge in [0.25, 0.3) is 0 Å². The lowest BCUT2D eigenvalue weighted by molar-refractivity contribution is 0.176. The SMILES string of the molecule is COCc1nnc2sc(-c3ccc(F)cc3O)nn12. The first-order valence-corrected chi connectivity index (χ1v) is 6.19. The zero-order valence-electron chi connectivity index (χ0n) is 9.87. The fourth-order valence-electron chi connectivity index (χ4n) is 1.67. The van der Waals surface area contributed by atoms with E-state index in [0.29, 0.717) is 28.0 Å². The van der Waals surface area contributed by atoms with Crippen molar-refractivity contribution in [2.24, 2.45) is 0 Å². The van der Waals surface area contributed by atoms with E-state index >= 15 is 0 Å². The summed E-state index contributed by atoms with van der Waals surface area (Å²) in [6, 6.07) is 3.80. The number of fused-ring (bicyclic) bond motifs is 1.